The summed E-state index contributed by atoms with van der Waals surface area (Å²) in [6.45, 7) is 2.29. The van der Waals surface area contributed by atoms with Crippen LogP contribution in [0.2, 0.25) is 10.0 Å². The molecule has 0 saturated heterocycles. The van der Waals surface area contributed by atoms with Crippen LogP contribution in [0.5, 0.6) is 0 Å². The van der Waals surface area contributed by atoms with Gasteiger partial charge < -0.3 is 10.5 Å². The van der Waals surface area contributed by atoms with E-state index in [9.17, 15) is 0 Å². The summed E-state index contributed by atoms with van der Waals surface area (Å²) in [5.74, 6) is 0.759. The lowest BCUT2D eigenvalue weighted by molar-refractivity contribution is -0.0659. The Bertz CT molecular complexity index is 436. The van der Waals surface area contributed by atoms with Crippen molar-refractivity contribution in [1.29, 1.82) is 0 Å². The molecule has 1 unspecified atom stereocenters. The normalized spacial score (nSPS) is 28.4. The summed E-state index contributed by atoms with van der Waals surface area (Å²) in [4.78, 5) is 0. The third-order valence-corrected chi connectivity index (χ3v) is 5.40. The van der Waals surface area contributed by atoms with Crippen molar-refractivity contribution in [3.8, 4) is 0 Å². The fourth-order valence-corrected chi connectivity index (χ4v) is 3.66. The van der Waals surface area contributed by atoms with Gasteiger partial charge in [-0.15, -0.1) is 0 Å². The molecule has 1 aromatic rings. The third kappa shape index (κ3) is 3.30. The Labute approximate surface area is 131 Å². The molecule has 0 spiro atoms. The van der Waals surface area contributed by atoms with Gasteiger partial charge in [0, 0.05) is 23.2 Å². The minimum atomic E-state index is -0.241. The maximum absolute atomic E-state index is 6.47. The highest BCUT2D eigenvalue weighted by atomic mass is 35.5. The Kier molecular flexibility index (Phi) is 5.36. The second kappa shape index (κ2) is 6.65. The number of nitrogens with two attached hydrogens (primary N) is 1. The lowest BCUT2D eigenvalue weighted by Gasteiger charge is -2.42. The lowest BCUT2D eigenvalue weighted by atomic mass is 9.74. The summed E-state index contributed by atoms with van der Waals surface area (Å²) in [5, 5.41) is 1.37. The molecule has 2 N–H and O–H groups in total. The zero-order chi connectivity index (χ0) is 14.8. The van der Waals surface area contributed by atoms with Gasteiger partial charge in [-0.05, 0) is 55.7 Å². The number of hydrogen-bond donors (Lipinski definition) is 1. The van der Waals surface area contributed by atoms with E-state index >= 15 is 0 Å². The number of ether oxygens (including phenoxy) is 1. The summed E-state index contributed by atoms with van der Waals surface area (Å²) < 4.78 is 5.83. The van der Waals surface area contributed by atoms with Gasteiger partial charge in [-0.25, -0.2) is 0 Å². The molecule has 0 bridgehead atoms. The summed E-state index contributed by atoms with van der Waals surface area (Å²) >= 11 is 12.5. The quantitative estimate of drug-likeness (QED) is 0.890. The number of methoxy groups -OCH3 is 1. The molecule has 1 aliphatic rings. The SMILES string of the molecule is COC1(C(N)Cc2c(Cl)cccc2Cl)CCC(C)CC1. The van der Waals surface area contributed by atoms with Crippen LogP contribution in [-0.2, 0) is 11.2 Å². The smallest absolute Gasteiger partial charge is 0.0832 e. The third-order valence-electron chi connectivity index (χ3n) is 4.69. The first-order chi connectivity index (χ1) is 9.48. The van der Waals surface area contributed by atoms with E-state index in [1.165, 1.54) is 0 Å². The van der Waals surface area contributed by atoms with Crippen molar-refractivity contribution < 1.29 is 4.74 Å². The van der Waals surface area contributed by atoms with Crippen molar-refractivity contribution in [2.75, 3.05) is 7.11 Å². The van der Waals surface area contributed by atoms with Gasteiger partial charge in [0.05, 0.1) is 5.60 Å². The minimum Gasteiger partial charge on any atom is -0.377 e. The second-order valence-electron chi connectivity index (χ2n) is 5.96. The maximum atomic E-state index is 6.47. The first kappa shape index (κ1) is 16.1. The summed E-state index contributed by atoms with van der Waals surface area (Å²) in [6, 6.07) is 5.49. The van der Waals surface area contributed by atoms with E-state index in [0.29, 0.717) is 16.5 Å². The van der Waals surface area contributed by atoms with Crippen LogP contribution in [-0.4, -0.2) is 18.8 Å². The number of rotatable bonds is 4. The van der Waals surface area contributed by atoms with E-state index in [1.54, 1.807) is 7.11 Å². The first-order valence-electron chi connectivity index (χ1n) is 7.22. The largest absolute Gasteiger partial charge is 0.377 e. The van der Waals surface area contributed by atoms with Crippen molar-refractivity contribution in [1.82, 2.24) is 0 Å². The predicted molar refractivity (Wildman–Crippen MR) is 85.5 cm³/mol. The fraction of sp³-hybridized carbons (Fsp3) is 0.625. The second-order valence-corrected chi connectivity index (χ2v) is 6.78. The van der Waals surface area contributed by atoms with Crippen LogP contribution in [0.3, 0.4) is 0 Å². The lowest BCUT2D eigenvalue weighted by Crippen LogP contribution is -2.52. The van der Waals surface area contributed by atoms with Crippen LogP contribution in [0.1, 0.15) is 38.2 Å². The molecule has 4 heteroatoms. The molecule has 112 valence electrons. The Morgan fingerprint density at radius 3 is 2.35 bits per heavy atom. The van der Waals surface area contributed by atoms with Crippen LogP contribution in [0.15, 0.2) is 18.2 Å². The van der Waals surface area contributed by atoms with E-state index in [2.05, 4.69) is 6.92 Å². The molecule has 0 aliphatic heterocycles. The fourth-order valence-electron chi connectivity index (χ4n) is 3.11. The summed E-state index contributed by atoms with van der Waals surface area (Å²) in [6.07, 6.45) is 5.00. The highest BCUT2D eigenvalue weighted by molar-refractivity contribution is 6.36. The molecule has 1 aromatic carbocycles. The standard InChI is InChI=1S/C16H23Cl2NO/c1-11-6-8-16(20-2,9-7-11)15(19)10-12-13(17)4-3-5-14(12)18/h3-5,11,15H,6-10,19H2,1-2H3. The summed E-state index contributed by atoms with van der Waals surface area (Å²) in [7, 11) is 1.77. The van der Waals surface area contributed by atoms with Crippen LogP contribution >= 0.6 is 23.2 Å². The van der Waals surface area contributed by atoms with Gasteiger partial charge in [-0.2, -0.15) is 0 Å². The van der Waals surface area contributed by atoms with E-state index < -0.39 is 0 Å². The summed E-state index contributed by atoms with van der Waals surface area (Å²) in [5.41, 5.74) is 7.15. The topological polar surface area (TPSA) is 35.2 Å². The Morgan fingerprint density at radius 1 is 1.30 bits per heavy atom. The predicted octanol–water partition coefficient (Wildman–Crippen LogP) is 4.46. The molecule has 0 radical (unpaired) electrons. The first-order valence-corrected chi connectivity index (χ1v) is 7.98. The molecule has 1 fully saturated rings. The highest BCUT2D eigenvalue weighted by Gasteiger charge is 2.40. The van der Waals surface area contributed by atoms with E-state index in [-0.39, 0.29) is 11.6 Å². The zero-order valence-corrected chi connectivity index (χ0v) is 13.7. The molecule has 1 atom stereocenters. The Hall–Kier alpha value is -0.280. The molecule has 0 aromatic heterocycles. The van der Waals surface area contributed by atoms with Crippen molar-refractivity contribution in [2.45, 2.75) is 50.7 Å². The van der Waals surface area contributed by atoms with Gasteiger partial charge in [0.25, 0.3) is 0 Å². The van der Waals surface area contributed by atoms with E-state index in [0.717, 1.165) is 37.2 Å². The van der Waals surface area contributed by atoms with Crippen molar-refractivity contribution >= 4 is 23.2 Å². The minimum absolute atomic E-state index is 0.0857. The van der Waals surface area contributed by atoms with Crippen molar-refractivity contribution in [2.24, 2.45) is 11.7 Å². The van der Waals surface area contributed by atoms with Gasteiger partial charge in [-0.1, -0.05) is 36.2 Å². The number of halogens is 2. The number of benzene rings is 1. The molecule has 2 nitrogen and oxygen atoms in total. The van der Waals surface area contributed by atoms with Crippen LogP contribution in [0.25, 0.3) is 0 Å². The molecule has 1 aliphatic carbocycles. The Balaban J connectivity index is 2.15. The molecule has 20 heavy (non-hydrogen) atoms. The number of hydrogen-bond acceptors (Lipinski definition) is 2. The van der Waals surface area contributed by atoms with E-state index in [1.807, 2.05) is 18.2 Å². The molecule has 1 saturated carbocycles. The highest BCUT2D eigenvalue weighted by Crippen LogP contribution is 2.38. The van der Waals surface area contributed by atoms with E-state index in [4.69, 9.17) is 33.7 Å². The molecule has 0 heterocycles. The van der Waals surface area contributed by atoms with Gasteiger partial charge in [0.15, 0.2) is 0 Å². The molecule has 2 rings (SSSR count). The van der Waals surface area contributed by atoms with Crippen LogP contribution in [0, 0.1) is 5.92 Å². The van der Waals surface area contributed by atoms with Crippen molar-refractivity contribution in [3.63, 3.8) is 0 Å². The van der Waals surface area contributed by atoms with Crippen molar-refractivity contribution in [3.05, 3.63) is 33.8 Å². The molecule has 0 amide bonds. The zero-order valence-electron chi connectivity index (χ0n) is 12.2. The van der Waals surface area contributed by atoms with Gasteiger partial charge in [0.1, 0.15) is 0 Å². The van der Waals surface area contributed by atoms with Gasteiger partial charge in [0.2, 0.25) is 0 Å². The molecular formula is C16H23Cl2NO. The average Bonchev–Trinajstić information content (AvgIpc) is 2.44. The maximum Gasteiger partial charge on any atom is 0.0832 e. The van der Waals surface area contributed by atoms with Gasteiger partial charge in [-0.3, -0.25) is 0 Å². The Morgan fingerprint density at radius 2 is 1.85 bits per heavy atom. The van der Waals surface area contributed by atoms with Crippen LogP contribution < -0.4 is 5.73 Å². The monoisotopic (exact) mass is 315 g/mol. The van der Waals surface area contributed by atoms with Gasteiger partial charge >= 0.3 is 0 Å². The van der Waals surface area contributed by atoms with Crippen LogP contribution in [0.4, 0.5) is 0 Å². The molecular weight excluding hydrogens is 293 g/mol. The average molecular weight is 316 g/mol.